The molecule has 0 radical (unpaired) electrons. The maximum absolute atomic E-state index is 2.47. The number of thiophene rings is 14. The van der Waals surface area contributed by atoms with Crippen LogP contribution in [0.1, 0.15) is 290 Å². The van der Waals surface area contributed by atoms with E-state index in [-0.39, 0.29) is 5.41 Å². The van der Waals surface area contributed by atoms with Crippen LogP contribution in [0.3, 0.4) is 0 Å². The van der Waals surface area contributed by atoms with Crippen molar-refractivity contribution in [1.82, 2.24) is 0 Å². The first-order valence-corrected chi connectivity index (χ1v) is 61.3. The van der Waals surface area contributed by atoms with E-state index in [0.717, 1.165) is 0 Å². The molecule has 14 heteroatoms. The van der Waals surface area contributed by atoms with Gasteiger partial charge in [-0.2, -0.15) is 0 Å². The molecule has 21 rings (SSSR count). The summed E-state index contributed by atoms with van der Waals surface area (Å²) in [7, 11) is 0. The first-order chi connectivity index (χ1) is 66.3. The number of rotatable bonds is 13. The molecule has 0 aliphatic carbocycles. The van der Waals surface area contributed by atoms with Crippen molar-refractivity contribution in [2.75, 3.05) is 0 Å². The quantitative estimate of drug-likeness (QED) is 0.108. The van der Waals surface area contributed by atoms with Gasteiger partial charge in [-0.05, 0) is 395 Å². The van der Waals surface area contributed by atoms with Crippen molar-refractivity contribution in [3.63, 3.8) is 0 Å². The molecule has 7 aromatic carbocycles. The first-order valence-electron chi connectivity index (χ1n) is 49.4. The van der Waals surface area contributed by atoms with Crippen LogP contribution in [0.4, 0.5) is 0 Å². The Morgan fingerprint density at radius 3 is 0.800 bits per heavy atom. The first kappa shape index (κ1) is 106. The standard InChI is InChI=1S/C23H30S2.C20H24S2.C18H20S2.2C17H18S2.C16H16S2.C15H14S2/c1-12(2)17-9-18(13(3)4)20(19(10-17)14(5)6)22-16(8)23-21(25-22)15(7)11-24-23;1-11(2)15-7-8-16(17(9-15)12(3)4)19-14(6)20-18(22-19)13(5)10-21-20;1-11-10-19-17-12(2)16(20-15(11)17)13-8-6-7-9-14(13)18(3,4)5;1-9-6-10(2)14(11(3)7-9)16-13(5)17-15(19-16)12(4)8-18-17;1-10(2)13-7-5-6-8-14(13)16-12(4)17-15(19-16)11(3)9-18-17;1-9-5-6-13(10(2)7-9)15-12(4)16-14(18-15)11(3)8-17-16;1-9-6-4-5-7-12(9)14-11(3)15-13(17-14)10(2)8-16-15/h9-14H,1-8H3;7-12H,1-6H3;6-10H,1-5H3;6-8H,1-5H3;5-10H,1-4H3;5-8H,1-4H3;4-8H,1-3H3. The fourth-order valence-electron chi connectivity index (χ4n) is 19.3. The second-order valence-electron chi connectivity index (χ2n) is 41.6. The van der Waals surface area contributed by atoms with Gasteiger partial charge in [-0.3, -0.25) is 0 Å². The van der Waals surface area contributed by atoms with Gasteiger partial charge in [0.25, 0.3) is 0 Å². The van der Waals surface area contributed by atoms with Crippen molar-refractivity contribution in [2.45, 2.75) is 283 Å². The second kappa shape index (κ2) is 44.2. The van der Waals surface area contributed by atoms with Gasteiger partial charge in [-0.15, -0.1) is 159 Å². The SMILES string of the molecule is Cc1cc(C)c(-c2sc3c(C)csc3c2C)c(C)c1.Cc1ccc(-c2sc3c(C)csc3c2C)c(C)c1.Cc1ccccc1-c1sc2c(C)csc2c1C.Cc1csc2c(C)c(-c3c(C(C)C)cc(C(C)C)cc3C(C)C)sc12.Cc1csc2c(C)c(-c3ccc(C(C)C)cc3C(C)C)sc12.Cc1csc2c(C)c(-c3ccccc3C(C)(C)C)sc12.Cc1csc2c(C)c(-c3ccccc3C(C)C)sc12. The molecule has 0 saturated carbocycles. The van der Waals surface area contributed by atoms with Crippen LogP contribution in [0.25, 0.3) is 139 Å². The summed E-state index contributed by atoms with van der Waals surface area (Å²) >= 11 is 26.9. The largest absolute Gasteiger partial charge is 0.142 e. The Labute approximate surface area is 892 Å². The maximum atomic E-state index is 2.47. The van der Waals surface area contributed by atoms with E-state index in [2.05, 4.69) is 413 Å². The second-order valence-corrected chi connectivity index (χ2v) is 54.9. The third-order valence-corrected chi connectivity index (χ3v) is 46.9. The summed E-state index contributed by atoms with van der Waals surface area (Å²) in [5.41, 5.74) is 48.8. The molecule has 14 aromatic heterocycles. The Hall–Kier alpha value is -7.84. The topological polar surface area (TPSA) is 0 Å². The van der Waals surface area contributed by atoms with Gasteiger partial charge < -0.3 is 0 Å². The monoisotopic (exact) mass is 2100 g/mol. The van der Waals surface area contributed by atoms with E-state index >= 15 is 0 Å². The van der Waals surface area contributed by atoms with Crippen LogP contribution in [0.5, 0.6) is 0 Å². The van der Waals surface area contributed by atoms with Crippen LogP contribution in [-0.4, -0.2) is 0 Å². The number of hydrogen-bond acceptors (Lipinski definition) is 14. The lowest BCUT2D eigenvalue weighted by Gasteiger charge is -2.23. The van der Waals surface area contributed by atoms with Crippen molar-refractivity contribution in [3.8, 4) is 73.1 Å². The molecule has 140 heavy (non-hydrogen) atoms. The molecule has 0 unspecified atom stereocenters. The molecule has 14 heterocycles. The van der Waals surface area contributed by atoms with Gasteiger partial charge in [0.1, 0.15) is 0 Å². The molecular formula is C126H140S14. The minimum absolute atomic E-state index is 0.176. The minimum Gasteiger partial charge on any atom is -0.142 e. The molecule has 0 atom stereocenters. The fourth-order valence-corrected chi connectivity index (χ4v) is 37.7. The van der Waals surface area contributed by atoms with Crippen LogP contribution in [0.15, 0.2) is 171 Å². The maximum Gasteiger partial charge on any atom is 0.0489 e. The Bertz CT molecular complexity index is 7990. The average molecular weight is 2100 g/mol. The molecular weight excluding hydrogens is 1960 g/mol. The number of hydrogen-bond donors (Lipinski definition) is 0. The molecule has 0 spiro atoms. The Morgan fingerprint density at radius 2 is 0.464 bits per heavy atom. The summed E-state index contributed by atoms with van der Waals surface area (Å²) in [5, 5.41) is 15.9. The van der Waals surface area contributed by atoms with Crippen molar-refractivity contribution in [1.29, 1.82) is 0 Å². The van der Waals surface area contributed by atoms with Crippen LogP contribution in [0.2, 0.25) is 0 Å². The van der Waals surface area contributed by atoms with Gasteiger partial charge in [0.05, 0.1) is 0 Å². The van der Waals surface area contributed by atoms with Crippen LogP contribution in [0, 0.1) is 138 Å². The molecule has 0 amide bonds. The Kier molecular flexibility index (Phi) is 33.6. The third-order valence-electron chi connectivity index (χ3n) is 27.3. The zero-order valence-corrected chi connectivity index (χ0v) is 100. The van der Waals surface area contributed by atoms with Crippen LogP contribution in [-0.2, 0) is 5.41 Å². The minimum atomic E-state index is 0.176. The zero-order valence-electron chi connectivity index (χ0n) is 88.9. The Morgan fingerprint density at radius 1 is 0.193 bits per heavy atom. The van der Waals surface area contributed by atoms with E-state index in [1.165, 1.54) is 289 Å². The molecule has 0 aliphatic rings. The lowest BCUT2D eigenvalue weighted by molar-refractivity contribution is 0.592. The fraction of sp³-hybridized carbons (Fsp3) is 0.333. The lowest BCUT2D eigenvalue weighted by Crippen LogP contribution is -2.12. The van der Waals surface area contributed by atoms with Gasteiger partial charge in [-0.1, -0.05) is 248 Å². The molecule has 0 N–H and O–H groups in total. The van der Waals surface area contributed by atoms with E-state index in [1.54, 1.807) is 0 Å². The molecule has 0 bridgehead atoms. The molecule has 728 valence electrons. The molecule has 0 aliphatic heterocycles. The van der Waals surface area contributed by atoms with Crippen LogP contribution < -0.4 is 0 Å². The van der Waals surface area contributed by atoms with Crippen molar-refractivity contribution >= 4 is 225 Å². The normalized spacial score (nSPS) is 11.8. The smallest absolute Gasteiger partial charge is 0.0489 e. The highest BCUT2D eigenvalue weighted by Gasteiger charge is 2.28. The lowest BCUT2D eigenvalue weighted by atomic mass is 9.83. The van der Waals surface area contributed by atoms with Gasteiger partial charge in [0, 0.05) is 99.9 Å². The highest BCUT2D eigenvalue weighted by molar-refractivity contribution is 7.33. The van der Waals surface area contributed by atoms with E-state index in [4.69, 9.17) is 0 Å². The van der Waals surface area contributed by atoms with Gasteiger partial charge >= 0.3 is 0 Å². The number of aryl methyl sites for hydroxylation is 20. The summed E-state index contributed by atoms with van der Waals surface area (Å²) in [6.07, 6.45) is 0. The van der Waals surface area contributed by atoms with E-state index in [1.807, 2.05) is 159 Å². The molecule has 0 saturated heterocycles. The average Bonchev–Trinajstić information content (AvgIpc) is 1.50. The third kappa shape index (κ3) is 21.7. The summed E-state index contributed by atoms with van der Waals surface area (Å²) in [4.78, 5) is 10.2. The van der Waals surface area contributed by atoms with E-state index < -0.39 is 0 Å². The van der Waals surface area contributed by atoms with E-state index in [0.29, 0.717) is 35.5 Å². The molecule has 0 fully saturated rings. The van der Waals surface area contributed by atoms with Gasteiger partial charge in [-0.25, -0.2) is 0 Å². The zero-order chi connectivity index (χ0) is 101. The summed E-state index contributed by atoms with van der Waals surface area (Å²) in [6, 6.07) is 49.7. The van der Waals surface area contributed by atoms with Gasteiger partial charge in [0.2, 0.25) is 0 Å². The van der Waals surface area contributed by atoms with Crippen molar-refractivity contribution in [3.05, 3.63) is 321 Å². The summed E-state index contributed by atoms with van der Waals surface area (Å²) in [6.45, 7) is 79.2. The van der Waals surface area contributed by atoms with Gasteiger partial charge in [0.15, 0.2) is 0 Å². The van der Waals surface area contributed by atoms with E-state index in [9.17, 15) is 0 Å². The molecule has 21 aromatic rings. The highest BCUT2D eigenvalue weighted by atomic mass is 32.2. The predicted octanol–water partition coefficient (Wildman–Crippen LogP) is 46.6. The summed E-state index contributed by atoms with van der Waals surface area (Å²) in [5.74, 6) is 3.34. The Balaban J connectivity index is 0.000000124. The van der Waals surface area contributed by atoms with Crippen molar-refractivity contribution in [2.24, 2.45) is 0 Å². The molecule has 0 nitrogen and oxygen atoms in total. The van der Waals surface area contributed by atoms with Crippen LogP contribution >= 0.6 is 159 Å². The summed E-state index contributed by atoms with van der Waals surface area (Å²) < 4.78 is 20.6. The van der Waals surface area contributed by atoms with Crippen molar-refractivity contribution < 1.29 is 0 Å². The number of benzene rings is 7. The highest BCUT2D eigenvalue weighted by Crippen LogP contribution is 2.54. The number of fused-ring (bicyclic) bond motifs is 7. The predicted molar refractivity (Wildman–Crippen MR) is 654 cm³/mol.